The average Bonchev–Trinajstić information content (AvgIpc) is 3.04. The number of aliphatic hydroxyl groups excluding tert-OH is 1. The maximum Gasteiger partial charge on any atom is 0.290 e. The first kappa shape index (κ1) is 21.0. The van der Waals surface area contributed by atoms with Crippen molar-refractivity contribution in [2.75, 3.05) is 14.2 Å². The van der Waals surface area contributed by atoms with Crippen LogP contribution in [0.25, 0.3) is 5.57 Å². The van der Waals surface area contributed by atoms with Gasteiger partial charge in [-0.3, -0.25) is 4.79 Å². The van der Waals surface area contributed by atoms with E-state index in [0.717, 1.165) is 21.2 Å². The van der Waals surface area contributed by atoms with Gasteiger partial charge >= 0.3 is 0 Å². The second-order valence-electron chi connectivity index (χ2n) is 7.20. The lowest BCUT2D eigenvalue weighted by molar-refractivity contribution is -0.130. The number of nitrogens with zero attached hydrogens (tertiary/aromatic N) is 1. The van der Waals surface area contributed by atoms with Crippen LogP contribution in [-0.2, 0) is 11.3 Å². The van der Waals surface area contributed by atoms with Crippen molar-refractivity contribution in [3.05, 3.63) is 99.7 Å². The van der Waals surface area contributed by atoms with Gasteiger partial charge in [-0.25, -0.2) is 0 Å². The Morgan fingerprint density at radius 1 is 0.935 bits per heavy atom. The quantitative estimate of drug-likeness (QED) is 0.505. The predicted molar refractivity (Wildman–Crippen MR) is 123 cm³/mol. The van der Waals surface area contributed by atoms with E-state index in [1.165, 1.54) is 0 Å². The molecule has 0 aliphatic carbocycles. The van der Waals surface area contributed by atoms with Crippen molar-refractivity contribution < 1.29 is 19.4 Å². The molecule has 0 saturated heterocycles. The van der Waals surface area contributed by atoms with Crippen LogP contribution in [0.2, 0.25) is 0 Å². The number of aliphatic hydroxyl groups is 1. The highest BCUT2D eigenvalue weighted by Crippen LogP contribution is 2.46. The van der Waals surface area contributed by atoms with E-state index in [9.17, 15) is 9.90 Å². The normalized spacial score (nSPS) is 16.0. The van der Waals surface area contributed by atoms with Gasteiger partial charge < -0.3 is 19.5 Å². The number of hydrogen-bond donors (Lipinski definition) is 1. The van der Waals surface area contributed by atoms with Crippen LogP contribution in [0.4, 0.5) is 0 Å². The highest BCUT2D eigenvalue weighted by atomic mass is 79.9. The fourth-order valence-corrected chi connectivity index (χ4v) is 4.37. The third kappa shape index (κ3) is 4.03. The van der Waals surface area contributed by atoms with E-state index in [-0.39, 0.29) is 5.76 Å². The summed E-state index contributed by atoms with van der Waals surface area (Å²) in [4.78, 5) is 14.9. The van der Waals surface area contributed by atoms with E-state index >= 15 is 0 Å². The van der Waals surface area contributed by atoms with Gasteiger partial charge in [0.1, 0.15) is 11.5 Å². The van der Waals surface area contributed by atoms with Gasteiger partial charge in [0.05, 0.1) is 20.3 Å². The van der Waals surface area contributed by atoms with E-state index in [1.54, 1.807) is 19.1 Å². The van der Waals surface area contributed by atoms with Crippen molar-refractivity contribution in [1.82, 2.24) is 4.90 Å². The van der Waals surface area contributed by atoms with Crippen molar-refractivity contribution in [3.8, 4) is 11.5 Å². The summed E-state index contributed by atoms with van der Waals surface area (Å²) in [5.41, 5.74) is 3.14. The minimum absolute atomic E-state index is 0.242. The summed E-state index contributed by atoms with van der Waals surface area (Å²) in [7, 11) is 3.21. The van der Waals surface area contributed by atoms with Gasteiger partial charge in [0.2, 0.25) is 0 Å². The lowest BCUT2D eigenvalue weighted by Gasteiger charge is -2.28. The molecule has 0 bridgehead atoms. The highest BCUT2D eigenvalue weighted by Gasteiger charge is 2.41. The molecule has 1 heterocycles. The second-order valence-corrected chi connectivity index (χ2v) is 8.05. The SMILES string of the molecule is COc1ccc(C2=C(O)C(=O)N(Cc3cccc(OC)c3)[C@@H]2c2ccccc2Br)cc1. The number of halogens is 1. The number of ether oxygens (including phenoxy) is 2. The molecular weight excluding hydrogens is 458 g/mol. The van der Waals surface area contributed by atoms with Gasteiger partial charge in [0, 0.05) is 16.6 Å². The molecule has 0 aromatic heterocycles. The maximum atomic E-state index is 13.2. The van der Waals surface area contributed by atoms with Gasteiger partial charge in [-0.2, -0.15) is 0 Å². The molecule has 1 N–H and O–H groups in total. The molecule has 1 aliphatic rings. The van der Waals surface area contributed by atoms with Crippen LogP contribution in [-0.4, -0.2) is 30.1 Å². The Bertz CT molecular complexity index is 1140. The Morgan fingerprint density at radius 3 is 2.32 bits per heavy atom. The van der Waals surface area contributed by atoms with Gasteiger partial charge in [-0.15, -0.1) is 0 Å². The monoisotopic (exact) mass is 479 g/mol. The van der Waals surface area contributed by atoms with Gasteiger partial charge in [0.15, 0.2) is 5.76 Å². The minimum Gasteiger partial charge on any atom is -0.503 e. The molecular formula is C25H22BrNO4. The van der Waals surface area contributed by atoms with Crippen LogP contribution in [0.15, 0.2) is 83.0 Å². The molecule has 5 nitrogen and oxygen atoms in total. The summed E-state index contributed by atoms with van der Waals surface area (Å²) in [5, 5.41) is 10.9. The molecule has 31 heavy (non-hydrogen) atoms. The smallest absolute Gasteiger partial charge is 0.290 e. The number of carbonyl (C=O) groups excluding carboxylic acids is 1. The first-order chi connectivity index (χ1) is 15.0. The predicted octanol–water partition coefficient (Wildman–Crippen LogP) is 5.52. The van der Waals surface area contributed by atoms with Crippen molar-refractivity contribution in [3.63, 3.8) is 0 Å². The van der Waals surface area contributed by atoms with E-state index in [1.807, 2.05) is 72.8 Å². The largest absolute Gasteiger partial charge is 0.503 e. The fraction of sp³-hybridized carbons (Fsp3) is 0.160. The third-order valence-electron chi connectivity index (χ3n) is 5.39. The van der Waals surface area contributed by atoms with Crippen LogP contribution >= 0.6 is 15.9 Å². The Kier molecular flexibility index (Phi) is 6.00. The minimum atomic E-state index is -0.456. The zero-order valence-corrected chi connectivity index (χ0v) is 18.8. The Morgan fingerprint density at radius 2 is 1.65 bits per heavy atom. The number of amides is 1. The first-order valence-electron chi connectivity index (χ1n) is 9.79. The zero-order chi connectivity index (χ0) is 22.0. The van der Waals surface area contributed by atoms with Crippen LogP contribution in [0.1, 0.15) is 22.7 Å². The molecule has 3 aromatic rings. The highest BCUT2D eigenvalue weighted by molar-refractivity contribution is 9.10. The number of methoxy groups -OCH3 is 2. The summed E-state index contributed by atoms with van der Waals surface area (Å²) in [6.45, 7) is 0.325. The van der Waals surface area contributed by atoms with Crippen molar-refractivity contribution in [2.45, 2.75) is 12.6 Å². The fourth-order valence-electron chi connectivity index (χ4n) is 3.87. The molecule has 0 fully saturated rings. The van der Waals surface area contributed by atoms with Crippen molar-refractivity contribution in [1.29, 1.82) is 0 Å². The zero-order valence-electron chi connectivity index (χ0n) is 17.2. The molecule has 0 unspecified atom stereocenters. The number of benzene rings is 3. The van der Waals surface area contributed by atoms with Gasteiger partial charge in [-0.05, 0) is 47.0 Å². The molecule has 0 spiro atoms. The van der Waals surface area contributed by atoms with Crippen LogP contribution in [0, 0.1) is 0 Å². The van der Waals surface area contributed by atoms with Crippen LogP contribution < -0.4 is 9.47 Å². The molecule has 3 aromatic carbocycles. The van der Waals surface area contributed by atoms with Crippen LogP contribution in [0.5, 0.6) is 11.5 Å². The van der Waals surface area contributed by atoms with Gasteiger partial charge in [-0.1, -0.05) is 58.4 Å². The first-order valence-corrected chi connectivity index (χ1v) is 10.6. The van der Waals surface area contributed by atoms with E-state index in [2.05, 4.69) is 15.9 Å². The maximum absolute atomic E-state index is 13.2. The van der Waals surface area contributed by atoms with E-state index in [0.29, 0.717) is 23.6 Å². The second kappa shape index (κ2) is 8.86. The molecule has 1 aliphatic heterocycles. The molecule has 4 rings (SSSR count). The van der Waals surface area contributed by atoms with Gasteiger partial charge in [0.25, 0.3) is 5.91 Å². The summed E-state index contributed by atoms with van der Waals surface area (Å²) in [6.07, 6.45) is 0. The Hall–Kier alpha value is -3.25. The average molecular weight is 480 g/mol. The number of carbonyl (C=O) groups is 1. The topological polar surface area (TPSA) is 59.0 Å². The summed E-state index contributed by atoms with van der Waals surface area (Å²) in [6, 6.07) is 22.2. The molecule has 0 radical (unpaired) electrons. The Labute approximate surface area is 189 Å². The summed E-state index contributed by atoms with van der Waals surface area (Å²) in [5.74, 6) is 0.774. The van der Waals surface area contributed by atoms with E-state index < -0.39 is 11.9 Å². The molecule has 1 atom stereocenters. The van der Waals surface area contributed by atoms with Crippen molar-refractivity contribution in [2.24, 2.45) is 0 Å². The standard InChI is InChI=1S/C25H22BrNO4/c1-30-18-12-10-17(11-13-18)22-23(20-8-3-4-9-21(20)26)27(25(29)24(22)28)15-16-6-5-7-19(14-16)31-2/h3-14,23,28H,15H2,1-2H3/t23-/m1/s1. The molecule has 1 amide bonds. The Balaban J connectivity index is 1.81. The van der Waals surface area contributed by atoms with Crippen LogP contribution in [0.3, 0.4) is 0 Å². The number of rotatable bonds is 6. The van der Waals surface area contributed by atoms with E-state index in [4.69, 9.17) is 9.47 Å². The summed E-state index contributed by atoms with van der Waals surface area (Å²) < 4.78 is 11.4. The molecule has 6 heteroatoms. The third-order valence-corrected chi connectivity index (χ3v) is 6.11. The van der Waals surface area contributed by atoms with Crippen molar-refractivity contribution >= 4 is 27.4 Å². The number of hydrogen-bond acceptors (Lipinski definition) is 4. The molecule has 158 valence electrons. The molecule has 0 saturated carbocycles. The summed E-state index contributed by atoms with van der Waals surface area (Å²) >= 11 is 3.62. The lowest BCUT2D eigenvalue weighted by Crippen LogP contribution is -2.30. The lowest BCUT2D eigenvalue weighted by atomic mass is 9.93.